The number of amides is 1. The zero-order valence-corrected chi connectivity index (χ0v) is 15.1. The first-order valence-corrected chi connectivity index (χ1v) is 9.31. The van der Waals surface area contributed by atoms with Gasteiger partial charge in [0.15, 0.2) is 0 Å². The number of allylic oxidation sites excluding steroid dienone is 2. The maximum atomic E-state index is 12.5. The molecule has 136 valence electrons. The lowest BCUT2D eigenvalue weighted by atomic mass is 9.93. The number of rotatable bonds is 6. The van der Waals surface area contributed by atoms with Gasteiger partial charge in [0.05, 0.1) is 5.69 Å². The number of hydrogen-bond donors (Lipinski definition) is 1. The van der Waals surface area contributed by atoms with E-state index < -0.39 is 0 Å². The zero-order chi connectivity index (χ0) is 17.5. The zero-order valence-electron chi connectivity index (χ0n) is 15.1. The highest BCUT2D eigenvalue weighted by Crippen LogP contribution is 2.26. The van der Waals surface area contributed by atoms with Crippen LogP contribution in [-0.2, 0) is 4.79 Å². The van der Waals surface area contributed by atoms with E-state index in [1.807, 2.05) is 24.3 Å². The molecule has 2 aliphatic rings. The Hall–Kier alpha value is -1.85. The van der Waals surface area contributed by atoms with Gasteiger partial charge in [-0.1, -0.05) is 24.3 Å². The number of anilines is 1. The number of carbonyl (C=O) groups excluding carboxylic acids is 1. The van der Waals surface area contributed by atoms with Crippen LogP contribution in [0.3, 0.4) is 0 Å². The summed E-state index contributed by atoms with van der Waals surface area (Å²) in [6.07, 6.45) is 7.00. The van der Waals surface area contributed by atoms with Crippen molar-refractivity contribution in [2.75, 3.05) is 51.7 Å². The van der Waals surface area contributed by atoms with Gasteiger partial charge in [0.25, 0.3) is 0 Å². The molecule has 1 aliphatic carbocycles. The van der Waals surface area contributed by atoms with Gasteiger partial charge in [-0.2, -0.15) is 0 Å². The van der Waals surface area contributed by atoms with Crippen LogP contribution in [-0.4, -0.2) is 62.1 Å². The van der Waals surface area contributed by atoms with Crippen molar-refractivity contribution < 1.29 is 9.53 Å². The average Bonchev–Trinajstić information content (AvgIpc) is 2.65. The fourth-order valence-corrected chi connectivity index (χ4v) is 3.32. The van der Waals surface area contributed by atoms with Gasteiger partial charge in [-0.05, 0) is 38.4 Å². The third kappa shape index (κ3) is 5.31. The molecule has 1 aromatic rings. The van der Waals surface area contributed by atoms with Gasteiger partial charge in [-0.25, -0.2) is 0 Å². The standard InChI is InChI=1S/C20H29N3O2/c1-22-11-13-23(14-12-22)15-16-25-19-10-6-5-9-18(19)21-20(24)17-7-3-2-4-8-17/h2-3,5-6,9-10,17H,4,7-8,11-16H2,1H3,(H,21,24)/t17-/m0/s1. The normalized spacial score (nSPS) is 21.9. The third-order valence-electron chi connectivity index (χ3n) is 5.05. The number of likely N-dealkylation sites (N-methyl/N-ethyl adjacent to an activating group) is 1. The minimum Gasteiger partial charge on any atom is -0.490 e. The molecule has 1 heterocycles. The van der Waals surface area contributed by atoms with Gasteiger partial charge >= 0.3 is 0 Å². The maximum Gasteiger partial charge on any atom is 0.227 e. The summed E-state index contributed by atoms with van der Waals surface area (Å²) < 4.78 is 5.97. The molecule has 25 heavy (non-hydrogen) atoms. The van der Waals surface area contributed by atoms with Crippen molar-refractivity contribution in [2.24, 2.45) is 5.92 Å². The molecule has 1 aromatic carbocycles. The fraction of sp³-hybridized carbons (Fsp3) is 0.550. The molecule has 1 atom stereocenters. The monoisotopic (exact) mass is 343 g/mol. The Labute approximate surface area is 150 Å². The lowest BCUT2D eigenvalue weighted by Crippen LogP contribution is -2.45. The first-order valence-electron chi connectivity index (χ1n) is 9.31. The molecular formula is C20H29N3O2. The average molecular weight is 343 g/mol. The number of carbonyl (C=O) groups is 1. The molecule has 0 unspecified atom stereocenters. The number of piperazine rings is 1. The summed E-state index contributed by atoms with van der Waals surface area (Å²) >= 11 is 0. The van der Waals surface area contributed by atoms with Crippen LogP contribution in [0.4, 0.5) is 5.69 Å². The minimum atomic E-state index is 0.0726. The molecule has 1 aliphatic heterocycles. The predicted octanol–water partition coefficient (Wildman–Crippen LogP) is 2.61. The number of nitrogens with zero attached hydrogens (tertiary/aromatic N) is 2. The van der Waals surface area contributed by atoms with Crippen molar-refractivity contribution in [3.05, 3.63) is 36.4 Å². The Morgan fingerprint density at radius 2 is 2.00 bits per heavy atom. The molecular weight excluding hydrogens is 314 g/mol. The van der Waals surface area contributed by atoms with Crippen LogP contribution in [0.2, 0.25) is 0 Å². The number of benzene rings is 1. The van der Waals surface area contributed by atoms with Gasteiger partial charge < -0.3 is 15.0 Å². The first kappa shape index (κ1) is 18.0. The van der Waals surface area contributed by atoms with Gasteiger partial charge in [-0.3, -0.25) is 9.69 Å². The highest BCUT2D eigenvalue weighted by Gasteiger charge is 2.20. The van der Waals surface area contributed by atoms with E-state index >= 15 is 0 Å². The summed E-state index contributed by atoms with van der Waals surface area (Å²) in [6, 6.07) is 7.73. The van der Waals surface area contributed by atoms with Gasteiger partial charge in [0.1, 0.15) is 12.4 Å². The van der Waals surface area contributed by atoms with E-state index in [4.69, 9.17) is 4.74 Å². The van der Waals surface area contributed by atoms with E-state index in [0.717, 1.165) is 63.4 Å². The van der Waals surface area contributed by atoms with Crippen LogP contribution in [0.5, 0.6) is 5.75 Å². The summed E-state index contributed by atoms with van der Waals surface area (Å²) in [7, 11) is 2.16. The molecule has 1 amide bonds. The topological polar surface area (TPSA) is 44.8 Å². The summed E-state index contributed by atoms with van der Waals surface area (Å²) in [4.78, 5) is 17.2. The van der Waals surface area contributed by atoms with Crippen molar-refractivity contribution in [3.63, 3.8) is 0 Å². The molecule has 1 fully saturated rings. The van der Waals surface area contributed by atoms with Crippen LogP contribution in [0, 0.1) is 5.92 Å². The Bertz CT molecular complexity index is 594. The summed E-state index contributed by atoms with van der Waals surface area (Å²) in [5, 5.41) is 3.06. The Balaban J connectivity index is 1.50. The molecule has 0 spiro atoms. The van der Waals surface area contributed by atoms with Crippen molar-refractivity contribution in [3.8, 4) is 5.75 Å². The molecule has 5 nitrogen and oxygen atoms in total. The summed E-state index contributed by atoms with van der Waals surface area (Å²) in [5.74, 6) is 0.930. The van der Waals surface area contributed by atoms with Crippen molar-refractivity contribution in [1.29, 1.82) is 0 Å². The molecule has 1 saturated heterocycles. The van der Waals surface area contributed by atoms with Crippen LogP contribution in [0.25, 0.3) is 0 Å². The molecule has 5 heteroatoms. The van der Waals surface area contributed by atoms with Gasteiger partial charge in [0, 0.05) is 38.6 Å². The number of hydrogen-bond acceptors (Lipinski definition) is 4. The fourth-order valence-electron chi connectivity index (χ4n) is 3.32. The SMILES string of the molecule is CN1CCN(CCOc2ccccc2NC(=O)[C@H]2CC=CCC2)CC1. The van der Waals surface area contributed by atoms with E-state index in [1.165, 1.54) is 0 Å². The lowest BCUT2D eigenvalue weighted by molar-refractivity contribution is -0.120. The first-order chi connectivity index (χ1) is 12.2. The van der Waals surface area contributed by atoms with Crippen LogP contribution >= 0.6 is 0 Å². The van der Waals surface area contributed by atoms with Gasteiger partial charge in [0.2, 0.25) is 5.91 Å². The third-order valence-corrected chi connectivity index (χ3v) is 5.05. The van der Waals surface area contributed by atoms with Crippen LogP contribution in [0.15, 0.2) is 36.4 Å². The molecule has 3 rings (SSSR count). The largest absolute Gasteiger partial charge is 0.490 e. The van der Waals surface area contributed by atoms with E-state index in [9.17, 15) is 4.79 Å². The van der Waals surface area contributed by atoms with Crippen LogP contribution < -0.4 is 10.1 Å². The maximum absolute atomic E-state index is 12.5. The number of para-hydroxylation sites is 2. The lowest BCUT2D eigenvalue weighted by Gasteiger charge is -2.32. The Morgan fingerprint density at radius 3 is 2.76 bits per heavy atom. The van der Waals surface area contributed by atoms with E-state index in [1.54, 1.807) is 0 Å². The number of ether oxygens (including phenoxy) is 1. The van der Waals surface area contributed by atoms with E-state index in [-0.39, 0.29) is 11.8 Å². The minimum absolute atomic E-state index is 0.0726. The Kier molecular flexibility index (Phi) is 6.48. The quantitative estimate of drug-likeness (QED) is 0.807. The highest BCUT2D eigenvalue weighted by atomic mass is 16.5. The Morgan fingerprint density at radius 1 is 1.20 bits per heavy atom. The van der Waals surface area contributed by atoms with E-state index in [0.29, 0.717) is 6.61 Å². The van der Waals surface area contributed by atoms with Crippen LogP contribution in [0.1, 0.15) is 19.3 Å². The van der Waals surface area contributed by atoms with Crippen molar-refractivity contribution >= 4 is 11.6 Å². The molecule has 0 saturated carbocycles. The van der Waals surface area contributed by atoms with Gasteiger partial charge in [-0.15, -0.1) is 0 Å². The van der Waals surface area contributed by atoms with E-state index in [2.05, 4.69) is 34.3 Å². The predicted molar refractivity (Wildman–Crippen MR) is 101 cm³/mol. The molecule has 1 N–H and O–H groups in total. The second-order valence-corrected chi connectivity index (χ2v) is 6.96. The van der Waals surface area contributed by atoms with Crippen molar-refractivity contribution in [1.82, 2.24) is 9.80 Å². The molecule has 0 bridgehead atoms. The molecule has 0 radical (unpaired) electrons. The summed E-state index contributed by atoms with van der Waals surface area (Å²) in [5.41, 5.74) is 0.778. The smallest absolute Gasteiger partial charge is 0.227 e. The second kappa shape index (κ2) is 9.02. The molecule has 0 aromatic heterocycles. The highest BCUT2D eigenvalue weighted by molar-refractivity contribution is 5.94. The van der Waals surface area contributed by atoms with Crippen molar-refractivity contribution in [2.45, 2.75) is 19.3 Å². The number of nitrogens with one attached hydrogen (secondary N) is 1. The second-order valence-electron chi connectivity index (χ2n) is 6.96. The summed E-state index contributed by atoms with van der Waals surface area (Å²) in [6.45, 7) is 5.97.